The van der Waals surface area contributed by atoms with Crippen LogP contribution in [0.5, 0.6) is 5.75 Å². The molecule has 0 radical (unpaired) electrons. The summed E-state index contributed by atoms with van der Waals surface area (Å²) in [6.45, 7) is 0. The van der Waals surface area contributed by atoms with E-state index < -0.39 is 0 Å². The van der Waals surface area contributed by atoms with Crippen LogP contribution in [0.25, 0.3) is 0 Å². The Balaban J connectivity index is 2.04. The molecule has 0 saturated heterocycles. The van der Waals surface area contributed by atoms with Crippen LogP contribution in [0.4, 0.5) is 0 Å². The molecule has 0 amide bonds. The van der Waals surface area contributed by atoms with Crippen LogP contribution in [0.15, 0.2) is 18.2 Å². The fourth-order valence-electron chi connectivity index (χ4n) is 2.65. The summed E-state index contributed by atoms with van der Waals surface area (Å²) in [7, 11) is 1.63. The molecule has 0 spiro atoms. The van der Waals surface area contributed by atoms with Crippen LogP contribution in [0.1, 0.15) is 43.7 Å². The predicted octanol–water partition coefficient (Wildman–Crippen LogP) is 3.93. The standard InChI is InChI=1S/C14H20ClNO/c1-17-14-9-11(6-7-12(14)15)13(16)8-10-4-2-3-5-10/h6-7,9-10,13H,2-5,8,16H2,1H3. The van der Waals surface area contributed by atoms with Crippen molar-refractivity contribution in [2.24, 2.45) is 11.7 Å². The Morgan fingerprint density at radius 3 is 2.76 bits per heavy atom. The van der Waals surface area contributed by atoms with Crippen LogP contribution in [0.2, 0.25) is 5.02 Å². The zero-order valence-electron chi connectivity index (χ0n) is 10.3. The number of benzene rings is 1. The highest BCUT2D eigenvalue weighted by molar-refractivity contribution is 6.32. The first-order valence-electron chi connectivity index (χ1n) is 6.29. The second-order valence-electron chi connectivity index (χ2n) is 4.89. The molecule has 2 N–H and O–H groups in total. The Bertz CT molecular complexity index is 374. The molecule has 17 heavy (non-hydrogen) atoms. The summed E-state index contributed by atoms with van der Waals surface area (Å²) in [6, 6.07) is 5.93. The summed E-state index contributed by atoms with van der Waals surface area (Å²) in [5.41, 5.74) is 7.37. The van der Waals surface area contributed by atoms with Crippen molar-refractivity contribution in [3.8, 4) is 5.75 Å². The van der Waals surface area contributed by atoms with Crippen LogP contribution in [-0.4, -0.2) is 7.11 Å². The molecule has 1 unspecified atom stereocenters. The van der Waals surface area contributed by atoms with Crippen molar-refractivity contribution < 1.29 is 4.74 Å². The fraction of sp³-hybridized carbons (Fsp3) is 0.571. The van der Waals surface area contributed by atoms with Crippen LogP contribution in [0.3, 0.4) is 0 Å². The minimum absolute atomic E-state index is 0.101. The van der Waals surface area contributed by atoms with Crippen molar-refractivity contribution in [1.82, 2.24) is 0 Å². The summed E-state index contributed by atoms with van der Waals surface area (Å²) in [4.78, 5) is 0. The molecule has 3 heteroatoms. The van der Waals surface area contributed by atoms with Crippen molar-refractivity contribution in [2.45, 2.75) is 38.1 Å². The molecule has 0 aliphatic heterocycles. The van der Waals surface area contributed by atoms with Gasteiger partial charge in [0.1, 0.15) is 5.75 Å². The average molecular weight is 254 g/mol. The minimum Gasteiger partial charge on any atom is -0.495 e. The monoisotopic (exact) mass is 253 g/mol. The lowest BCUT2D eigenvalue weighted by molar-refractivity contribution is 0.411. The summed E-state index contributed by atoms with van der Waals surface area (Å²) >= 11 is 6.01. The largest absolute Gasteiger partial charge is 0.495 e. The first-order valence-corrected chi connectivity index (χ1v) is 6.67. The van der Waals surface area contributed by atoms with E-state index in [0.29, 0.717) is 10.8 Å². The van der Waals surface area contributed by atoms with Gasteiger partial charge in [0, 0.05) is 6.04 Å². The van der Waals surface area contributed by atoms with Gasteiger partial charge in [-0.05, 0) is 30.0 Å². The number of ether oxygens (including phenoxy) is 1. The van der Waals surface area contributed by atoms with Crippen LogP contribution >= 0.6 is 11.6 Å². The van der Waals surface area contributed by atoms with E-state index in [1.54, 1.807) is 7.11 Å². The molecule has 2 nitrogen and oxygen atoms in total. The molecule has 1 fully saturated rings. The molecule has 1 aliphatic rings. The van der Waals surface area contributed by atoms with Crippen molar-refractivity contribution in [1.29, 1.82) is 0 Å². The SMILES string of the molecule is COc1cc(C(N)CC2CCCC2)ccc1Cl. The molecular formula is C14H20ClNO. The van der Waals surface area contributed by atoms with Crippen LogP contribution < -0.4 is 10.5 Å². The van der Waals surface area contributed by atoms with E-state index in [1.165, 1.54) is 25.7 Å². The first kappa shape index (κ1) is 12.7. The summed E-state index contributed by atoms with van der Waals surface area (Å²) in [5, 5.41) is 0.643. The van der Waals surface area contributed by atoms with Gasteiger partial charge in [0.15, 0.2) is 0 Å². The molecular weight excluding hydrogens is 234 g/mol. The van der Waals surface area contributed by atoms with Gasteiger partial charge in [-0.1, -0.05) is 43.4 Å². The molecule has 94 valence electrons. The van der Waals surface area contributed by atoms with Gasteiger partial charge in [-0.2, -0.15) is 0 Å². The molecule has 2 rings (SSSR count). The van der Waals surface area contributed by atoms with Crippen LogP contribution in [0, 0.1) is 5.92 Å². The number of hydrogen-bond donors (Lipinski definition) is 1. The zero-order chi connectivity index (χ0) is 12.3. The maximum Gasteiger partial charge on any atom is 0.137 e. The molecule has 1 aromatic carbocycles. The van der Waals surface area contributed by atoms with Gasteiger partial charge in [-0.15, -0.1) is 0 Å². The second kappa shape index (κ2) is 5.74. The third-order valence-electron chi connectivity index (χ3n) is 3.67. The van der Waals surface area contributed by atoms with Crippen molar-refractivity contribution in [3.05, 3.63) is 28.8 Å². The third kappa shape index (κ3) is 3.14. The second-order valence-corrected chi connectivity index (χ2v) is 5.29. The molecule has 0 bridgehead atoms. The Hall–Kier alpha value is -0.730. The number of halogens is 1. The Labute approximate surface area is 108 Å². The minimum atomic E-state index is 0.101. The van der Waals surface area contributed by atoms with Gasteiger partial charge in [0.05, 0.1) is 12.1 Å². The van der Waals surface area contributed by atoms with Gasteiger partial charge in [-0.25, -0.2) is 0 Å². The van der Waals surface area contributed by atoms with Crippen molar-refractivity contribution in [3.63, 3.8) is 0 Å². The third-order valence-corrected chi connectivity index (χ3v) is 3.98. The van der Waals surface area contributed by atoms with Gasteiger partial charge in [0.2, 0.25) is 0 Å². The lowest BCUT2D eigenvalue weighted by Crippen LogP contribution is -2.14. The number of hydrogen-bond acceptors (Lipinski definition) is 2. The van der Waals surface area contributed by atoms with Gasteiger partial charge in [-0.3, -0.25) is 0 Å². The smallest absolute Gasteiger partial charge is 0.137 e. The highest BCUT2D eigenvalue weighted by Crippen LogP contribution is 2.34. The summed E-state index contributed by atoms with van der Waals surface area (Å²) < 4.78 is 5.22. The molecule has 1 saturated carbocycles. The van der Waals surface area contributed by atoms with Gasteiger partial charge in [0.25, 0.3) is 0 Å². The molecule has 0 heterocycles. The Morgan fingerprint density at radius 1 is 1.41 bits per heavy atom. The van der Waals surface area contributed by atoms with E-state index >= 15 is 0 Å². The maximum atomic E-state index is 6.25. The summed E-state index contributed by atoms with van der Waals surface area (Å²) in [5.74, 6) is 1.51. The Morgan fingerprint density at radius 2 is 2.12 bits per heavy atom. The van der Waals surface area contributed by atoms with E-state index in [2.05, 4.69) is 0 Å². The van der Waals surface area contributed by atoms with E-state index in [4.69, 9.17) is 22.1 Å². The van der Waals surface area contributed by atoms with E-state index in [1.807, 2.05) is 18.2 Å². The lowest BCUT2D eigenvalue weighted by Gasteiger charge is -2.17. The molecule has 0 aromatic heterocycles. The van der Waals surface area contributed by atoms with Gasteiger partial charge < -0.3 is 10.5 Å². The van der Waals surface area contributed by atoms with E-state index in [0.717, 1.165) is 17.9 Å². The van der Waals surface area contributed by atoms with E-state index in [9.17, 15) is 0 Å². The molecule has 1 aliphatic carbocycles. The number of rotatable bonds is 4. The lowest BCUT2D eigenvalue weighted by atomic mass is 9.94. The quantitative estimate of drug-likeness (QED) is 0.883. The highest BCUT2D eigenvalue weighted by atomic mass is 35.5. The normalized spacial score (nSPS) is 18.3. The average Bonchev–Trinajstić information content (AvgIpc) is 2.82. The van der Waals surface area contributed by atoms with Crippen LogP contribution in [-0.2, 0) is 0 Å². The first-order chi connectivity index (χ1) is 8.20. The predicted molar refractivity (Wildman–Crippen MR) is 71.5 cm³/mol. The molecule has 1 atom stereocenters. The van der Waals surface area contributed by atoms with Gasteiger partial charge >= 0.3 is 0 Å². The molecule has 1 aromatic rings. The topological polar surface area (TPSA) is 35.2 Å². The van der Waals surface area contributed by atoms with E-state index in [-0.39, 0.29) is 6.04 Å². The Kier molecular flexibility index (Phi) is 4.30. The highest BCUT2D eigenvalue weighted by Gasteiger charge is 2.19. The number of methoxy groups -OCH3 is 1. The van der Waals surface area contributed by atoms with Crippen molar-refractivity contribution in [2.75, 3.05) is 7.11 Å². The fourth-order valence-corrected chi connectivity index (χ4v) is 2.84. The summed E-state index contributed by atoms with van der Waals surface area (Å²) in [6.07, 6.45) is 6.46. The zero-order valence-corrected chi connectivity index (χ0v) is 11.0. The maximum absolute atomic E-state index is 6.25. The number of nitrogens with two attached hydrogens (primary N) is 1. The van der Waals surface area contributed by atoms with Crippen molar-refractivity contribution >= 4 is 11.6 Å².